The van der Waals surface area contributed by atoms with Gasteiger partial charge in [0.2, 0.25) is 0 Å². The number of pyridine rings is 1. The van der Waals surface area contributed by atoms with E-state index in [-0.39, 0.29) is 11.3 Å². The van der Waals surface area contributed by atoms with E-state index in [9.17, 15) is 18.0 Å². The van der Waals surface area contributed by atoms with Crippen molar-refractivity contribution in [3.63, 3.8) is 0 Å². The molecule has 2 rings (SSSR count). The molecule has 0 saturated carbocycles. The average molecular weight is 298 g/mol. The van der Waals surface area contributed by atoms with E-state index in [4.69, 9.17) is 0 Å². The van der Waals surface area contributed by atoms with E-state index in [1.54, 1.807) is 18.3 Å². The van der Waals surface area contributed by atoms with Crippen LogP contribution in [0.1, 0.15) is 0 Å². The number of hydrogen-bond donors (Lipinski definition) is 1. The fourth-order valence-corrected chi connectivity index (χ4v) is 1.74. The van der Waals surface area contributed by atoms with Gasteiger partial charge in [0.1, 0.15) is 5.75 Å². The molecule has 0 aliphatic carbocycles. The highest BCUT2D eigenvalue weighted by Crippen LogP contribution is 2.23. The number of alkyl halides is 3. The summed E-state index contributed by atoms with van der Waals surface area (Å²) < 4.78 is 41.3. The molecule has 0 saturated heterocycles. The highest BCUT2D eigenvalue weighted by atomic mass is 19.4. The minimum absolute atomic E-state index is 0.103. The van der Waals surface area contributed by atoms with E-state index >= 15 is 0 Å². The third kappa shape index (κ3) is 4.87. The molecule has 1 N–H and O–H groups in total. The van der Waals surface area contributed by atoms with Crippen LogP contribution >= 0.6 is 0 Å². The van der Waals surface area contributed by atoms with Gasteiger partial charge in [-0.2, -0.15) is 0 Å². The van der Waals surface area contributed by atoms with Gasteiger partial charge in [-0.25, -0.2) is 0 Å². The van der Waals surface area contributed by atoms with Crippen LogP contribution in [0.15, 0.2) is 53.5 Å². The van der Waals surface area contributed by atoms with Crippen molar-refractivity contribution in [3.05, 3.63) is 59.0 Å². The number of nitrogens with one attached hydrogen (secondary N) is 1. The van der Waals surface area contributed by atoms with Gasteiger partial charge >= 0.3 is 6.36 Å². The van der Waals surface area contributed by atoms with E-state index in [0.717, 1.165) is 0 Å². The lowest BCUT2D eigenvalue weighted by molar-refractivity contribution is -0.274. The normalized spacial score (nSPS) is 11.2. The summed E-state index contributed by atoms with van der Waals surface area (Å²) in [5.74, 6) is -0.271. The Bertz CT molecular complexity index is 636. The van der Waals surface area contributed by atoms with E-state index in [2.05, 4.69) is 10.1 Å². The molecule has 4 nitrogen and oxygen atoms in total. The van der Waals surface area contributed by atoms with Crippen molar-refractivity contribution >= 4 is 5.69 Å². The second kappa shape index (κ2) is 6.34. The van der Waals surface area contributed by atoms with Crippen molar-refractivity contribution in [1.29, 1.82) is 0 Å². The van der Waals surface area contributed by atoms with Crippen molar-refractivity contribution in [3.8, 4) is 5.75 Å². The molecule has 1 aromatic heterocycles. The molecule has 0 atom stereocenters. The number of halogens is 3. The van der Waals surface area contributed by atoms with Crippen molar-refractivity contribution < 1.29 is 17.9 Å². The zero-order chi connectivity index (χ0) is 15.3. The molecule has 112 valence electrons. The lowest BCUT2D eigenvalue weighted by atomic mass is 10.3. The Morgan fingerprint density at radius 1 is 1.10 bits per heavy atom. The van der Waals surface area contributed by atoms with Crippen molar-refractivity contribution in [2.24, 2.45) is 0 Å². The first-order valence-electron chi connectivity index (χ1n) is 6.19. The summed E-state index contributed by atoms with van der Waals surface area (Å²) in [6.07, 6.45) is -3.02. The Balaban J connectivity index is 1.87. The zero-order valence-electron chi connectivity index (χ0n) is 10.9. The molecule has 1 heterocycles. The SMILES string of the molecule is O=c1ccccn1CCNc1ccc(OC(F)(F)F)cc1. The molecule has 0 aliphatic rings. The summed E-state index contributed by atoms with van der Waals surface area (Å²) in [6, 6.07) is 10.3. The molecule has 0 spiro atoms. The number of hydrogen-bond acceptors (Lipinski definition) is 3. The highest BCUT2D eigenvalue weighted by molar-refractivity contribution is 5.46. The van der Waals surface area contributed by atoms with E-state index in [1.165, 1.54) is 34.9 Å². The number of benzene rings is 1. The summed E-state index contributed by atoms with van der Waals surface area (Å²) >= 11 is 0. The molecule has 0 radical (unpaired) electrons. The third-order valence-corrected chi connectivity index (χ3v) is 2.67. The van der Waals surface area contributed by atoms with Gasteiger partial charge in [-0.3, -0.25) is 4.79 Å². The van der Waals surface area contributed by atoms with Gasteiger partial charge < -0.3 is 14.6 Å². The summed E-state index contributed by atoms with van der Waals surface area (Å²) in [5.41, 5.74) is 0.543. The number of ether oxygens (including phenoxy) is 1. The summed E-state index contributed by atoms with van der Waals surface area (Å²) in [5, 5.41) is 3.01. The third-order valence-electron chi connectivity index (χ3n) is 2.67. The van der Waals surface area contributed by atoms with Crippen molar-refractivity contribution in [2.45, 2.75) is 12.9 Å². The lowest BCUT2D eigenvalue weighted by Crippen LogP contribution is -2.22. The topological polar surface area (TPSA) is 43.3 Å². The molecular formula is C14H13F3N2O2. The minimum Gasteiger partial charge on any atom is -0.406 e. The lowest BCUT2D eigenvalue weighted by Gasteiger charge is -2.11. The smallest absolute Gasteiger partial charge is 0.406 e. The Morgan fingerprint density at radius 2 is 1.81 bits per heavy atom. The predicted molar refractivity (Wildman–Crippen MR) is 72.3 cm³/mol. The average Bonchev–Trinajstić information content (AvgIpc) is 2.41. The Kier molecular flexibility index (Phi) is 4.52. The van der Waals surface area contributed by atoms with Crippen molar-refractivity contribution in [2.75, 3.05) is 11.9 Å². The molecule has 0 aliphatic heterocycles. The number of nitrogens with zero attached hydrogens (tertiary/aromatic N) is 1. The second-order valence-electron chi connectivity index (χ2n) is 4.23. The number of anilines is 1. The van der Waals surface area contributed by atoms with Gasteiger partial charge in [-0.15, -0.1) is 13.2 Å². The molecule has 0 unspecified atom stereocenters. The Hall–Kier alpha value is -2.44. The van der Waals surface area contributed by atoms with Crippen LogP contribution in [0.5, 0.6) is 5.75 Å². The molecule has 21 heavy (non-hydrogen) atoms. The monoisotopic (exact) mass is 298 g/mol. The summed E-state index contributed by atoms with van der Waals surface area (Å²) in [4.78, 5) is 11.5. The van der Waals surface area contributed by atoms with E-state index in [1.807, 2.05) is 0 Å². The van der Waals surface area contributed by atoms with Gasteiger partial charge in [0.25, 0.3) is 5.56 Å². The van der Waals surface area contributed by atoms with Gasteiger partial charge in [0, 0.05) is 31.0 Å². The Labute approximate surface area is 118 Å². The van der Waals surface area contributed by atoms with Crippen LogP contribution in [0, 0.1) is 0 Å². The first kappa shape index (κ1) is 15.0. The number of aromatic nitrogens is 1. The summed E-state index contributed by atoms with van der Waals surface area (Å²) in [7, 11) is 0. The molecule has 0 bridgehead atoms. The maximum absolute atomic E-state index is 12.0. The van der Waals surface area contributed by atoms with E-state index in [0.29, 0.717) is 18.8 Å². The standard InChI is InChI=1S/C14H13F3N2O2/c15-14(16,17)21-12-6-4-11(5-7-12)18-8-10-19-9-2-1-3-13(19)20/h1-7,9,18H,8,10H2. The molecule has 1 aromatic carbocycles. The van der Waals surface area contributed by atoms with Crippen LogP contribution in [0.3, 0.4) is 0 Å². The maximum atomic E-state index is 12.0. The maximum Gasteiger partial charge on any atom is 0.573 e. The van der Waals surface area contributed by atoms with Crippen LogP contribution in [-0.4, -0.2) is 17.5 Å². The van der Waals surface area contributed by atoms with Crippen LogP contribution in [0.4, 0.5) is 18.9 Å². The molecule has 2 aromatic rings. The van der Waals surface area contributed by atoms with Crippen LogP contribution in [0.2, 0.25) is 0 Å². The molecule has 7 heteroatoms. The fourth-order valence-electron chi connectivity index (χ4n) is 1.74. The summed E-state index contributed by atoms with van der Waals surface area (Å²) in [6.45, 7) is 0.934. The second-order valence-corrected chi connectivity index (χ2v) is 4.23. The number of rotatable bonds is 5. The highest BCUT2D eigenvalue weighted by Gasteiger charge is 2.30. The predicted octanol–water partition coefficient (Wildman–Crippen LogP) is 2.86. The van der Waals surface area contributed by atoms with Gasteiger partial charge in [0.15, 0.2) is 0 Å². The van der Waals surface area contributed by atoms with Crippen LogP contribution in [0.25, 0.3) is 0 Å². The van der Waals surface area contributed by atoms with E-state index < -0.39 is 6.36 Å². The van der Waals surface area contributed by atoms with Crippen LogP contribution in [-0.2, 0) is 6.54 Å². The first-order valence-corrected chi connectivity index (χ1v) is 6.19. The van der Waals surface area contributed by atoms with Gasteiger partial charge in [-0.05, 0) is 30.3 Å². The van der Waals surface area contributed by atoms with Gasteiger partial charge in [0.05, 0.1) is 0 Å². The largest absolute Gasteiger partial charge is 0.573 e. The zero-order valence-corrected chi connectivity index (χ0v) is 10.9. The Morgan fingerprint density at radius 3 is 2.43 bits per heavy atom. The fraction of sp³-hybridized carbons (Fsp3) is 0.214. The molecular weight excluding hydrogens is 285 g/mol. The molecule has 0 fully saturated rings. The first-order chi connectivity index (χ1) is 9.94. The molecule has 0 amide bonds. The quantitative estimate of drug-likeness (QED) is 0.923. The minimum atomic E-state index is -4.69. The van der Waals surface area contributed by atoms with Crippen molar-refractivity contribution in [1.82, 2.24) is 4.57 Å². The van der Waals surface area contributed by atoms with Gasteiger partial charge in [-0.1, -0.05) is 6.07 Å². The van der Waals surface area contributed by atoms with Crippen LogP contribution < -0.4 is 15.6 Å².